The molecule has 552 valence electrons. The van der Waals surface area contributed by atoms with Crippen LogP contribution in [-0.4, -0.2) is 82.3 Å². The molecular weight excluding hydrogens is 1200 g/mol. The average Bonchev–Trinajstić information content (AvgIpc) is 3.27. The Kier molecular flexibility index (Phi) is 72.6. The van der Waals surface area contributed by atoms with Gasteiger partial charge in [0.1, 0.15) is 13.2 Å². The molecule has 9 nitrogen and oxygen atoms in total. The first-order valence-electron chi connectivity index (χ1n) is 39.6. The largest absolute Gasteiger partial charge is 0.545 e. The monoisotopic (exact) mass is 1350 g/mol. The minimum absolute atomic E-state index is 0.139. The molecule has 0 aromatic carbocycles. The van der Waals surface area contributed by atoms with Crippen molar-refractivity contribution >= 4 is 17.9 Å². The lowest BCUT2D eigenvalue weighted by molar-refractivity contribution is -0.870. The van der Waals surface area contributed by atoms with Crippen molar-refractivity contribution in [1.29, 1.82) is 0 Å². The Labute approximate surface area is 597 Å². The first kappa shape index (κ1) is 91.9. The number of carbonyl (C=O) groups excluding carboxylic acids is 3. The van der Waals surface area contributed by atoms with Crippen LogP contribution in [0.5, 0.6) is 0 Å². The first-order chi connectivity index (χ1) is 47.6. The zero-order valence-corrected chi connectivity index (χ0v) is 63.1. The van der Waals surface area contributed by atoms with Gasteiger partial charge in [0.2, 0.25) is 0 Å². The van der Waals surface area contributed by atoms with E-state index >= 15 is 0 Å². The molecule has 0 N–H and O–H groups in total. The highest BCUT2D eigenvalue weighted by Gasteiger charge is 2.22. The zero-order valence-electron chi connectivity index (χ0n) is 63.1. The molecule has 0 spiro atoms. The van der Waals surface area contributed by atoms with E-state index in [0.717, 1.165) is 122 Å². The Hall–Kier alpha value is -5.09. The molecule has 0 saturated carbocycles. The third-order valence-corrected chi connectivity index (χ3v) is 16.8. The van der Waals surface area contributed by atoms with Gasteiger partial charge in [-0.05, 0) is 128 Å². The third kappa shape index (κ3) is 78.1. The Balaban J connectivity index is 4.13. The average molecular weight is 1350 g/mol. The molecular formula is C88H147NO8. The summed E-state index contributed by atoms with van der Waals surface area (Å²) in [4.78, 5) is 37.6. The second-order valence-electron chi connectivity index (χ2n) is 27.3. The summed E-state index contributed by atoms with van der Waals surface area (Å²) in [6.45, 7) is 4.63. The SMILES string of the molecule is CC/C=C\C/C=C\C/C=C\C/C=C\C/C=C\C/C=C\C/C=C\C/C=C\C/C=C\C/C=C\C/C=C\CCCCCCCCCC(=O)OC(COC(=O)CCCCCCCCCCCCCCCCCCCCC/C=C\C/C=C\CCCCCCC)COC(OCC[N+](C)(C)C)C(=O)[O-]. The summed E-state index contributed by atoms with van der Waals surface area (Å²) in [5, 5.41) is 11.9. The maximum absolute atomic E-state index is 13.0. The molecule has 9 heteroatoms. The smallest absolute Gasteiger partial charge is 0.306 e. The maximum atomic E-state index is 13.0. The van der Waals surface area contributed by atoms with Crippen LogP contribution in [0, 0.1) is 0 Å². The fourth-order valence-corrected chi connectivity index (χ4v) is 10.8. The number of hydrogen-bond donors (Lipinski definition) is 0. The number of likely N-dealkylation sites (N-methyl/N-ethyl adjacent to an activating group) is 1. The molecule has 0 aliphatic heterocycles. The number of carbonyl (C=O) groups is 3. The van der Waals surface area contributed by atoms with E-state index < -0.39 is 24.3 Å². The van der Waals surface area contributed by atoms with E-state index in [1.807, 2.05) is 21.1 Å². The predicted molar refractivity (Wildman–Crippen MR) is 416 cm³/mol. The van der Waals surface area contributed by atoms with Crippen molar-refractivity contribution in [1.82, 2.24) is 0 Å². The summed E-state index contributed by atoms with van der Waals surface area (Å²) in [6, 6.07) is 0. The summed E-state index contributed by atoms with van der Waals surface area (Å²) in [5.41, 5.74) is 0. The van der Waals surface area contributed by atoms with E-state index in [1.54, 1.807) is 0 Å². The fraction of sp³-hybridized carbons (Fsp3) is 0.670. The molecule has 0 aromatic heterocycles. The summed E-state index contributed by atoms with van der Waals surface area (Å²) in [5.74, 6) is -2.30. The molecule has 0 radical (unpaired) electrons. The van der Waals surface area contributed by atoms with Crippen molar-refractivity contribution in [3.8, 4) is 0 Å². The van der Waals surface area contributed by atoms with Crippen molar-refractivity contribution in [2.75, 3.05) is 47.5 Å². The summed E-state index contributed by atoms with van der Waals surface area (Å²) >= 11 is 0. The van der Waals surface area contributed by atoms with Gasteiger partial charge in [-0.1, -0.05) is 339 Å². The van der Waals surface area contributed by atoms with Gasteiger partial charge in [-0.25, -0.2) is 0 Å². The number of quaternary nitrogens is 1. The van der Waals surface area contributed by atoms with Gasteiger partial charge in [-0.2, -0.15) is 0 Å². The number of hydrogen-bond acceptors (Lipinski definition) is 8. The number of carboxylic acids is 1. The summed E-state index contributed by atoms with van der Waals surface area (Å²) in [7, 11) is 5.93. The quantitative estimate of drug-likeness (QED) is 0.0195. The second kappa shape index (κ2) is 76.7. The number of aliphatic carboxylic acids is 1. The molecule has 0 fully saturated rings. The van der Waals surface area contributed by atoms with Crippen molar-refractivity contribution < 1.29 is 42.9 Å². The van der Waals surface area contributed by atoms with Crippen LogP contribution in [-0.2, 0) is 33.3 Å². The van der Waals surface area contributed by atoms with Gasteiger partial charge < -0.3 is 33.3 Å². The Bertz CT molecular complexity index is 2160. The van der Waals surface area contributed by atoms with Crippen molar-refractivity contribution in [3.05, 3.63) is 158 Å². The Morgan fingerprint density at radius 3 is 0.876 bits per heavy atom. The van der Waals surface area contributed by atoms with Gasteiger partial charge in [0, 0.05) is 12.8 Å². The Morgan fingerprint density at radius 2 is 0.588 bits per heavy atom. The molecule has 0 bridgehead atoms. The standard InChI is InChI=1S/C88H147NO8/c1-6-8-10-12-14-16-18-20-22-24-26-28-30-32-34-36-38-39-40-41-42-43-44-45-46-47-49-51-53-55-57-59-61-63-65-67-69-71-73-75-77-79-86(91)97-84(83-96-88(87(92)93)94-81-80-89(3,4)5)82-95-85(90)78-76-74-72-70-68-66-64-62-60-58-56-54-52-50-48-37-35-33-31-29-27-25-23-21-19-17-15-13-11-9-7-2/h8,10,14,16,19-22,25-28,32,34,38-39,41-42,44-45,47,49,53,55,59,61,84,88H,6-7,9,11-13,15,17-18,23-24,29-31,33,35-37,40,43,46,48,50-52,54,56-58,60,62-83H2,1-5H3/b10-8-,16-14-,21-19-,22-20-,27-25-,28-26-,34-32-,39-38-,42-41-,45-44-,49-47-,55-53-,61-59-. The lowest BCUT2D eigenvalue weighted by Gasteiger charge is -2.26. The molecule has 0 aliphatic rings. The van der Waals surface area contributed by atoms with Gasteiger partial charge in [-0.15, -0.1) is 0 Å². The fourth-order valence-electron chi connectivity index (χ4n) is 10.8. The van der Waals surface area contributed by atoms with Gasteiger partial charge in [0.25, 0.3) is 0 Å². The van der Waals surface area contributed by atoms with E-state index in [4.69, 9.17) is 18.9 Å². The first-order valence-corrected chi connectivity index (χ1v) is 39.6. The van der Waals surface area contributed by atoms with Gasteiger partial charge in [0.05, 0.1) is 40.3 Å². The van der Waals surface area contributed by atoms with Gasteiger partial charge in [-0.3, -0.25) is 9.59 Å². The van der Waals surface area contributed by atoms with Crippen LogP contribution in [0.3, 0.4) is 0 Å². The third-order valence-electron chi connectivity index (χ3n) is 16.8. The maximum Gasteiger partial charge on any atom is 0.306 e. The van der Waals surface area contributed by atoms with Crippen LogP contribution in [0.25, 0.3) is 0 Å². The van der Waals surface area contributed by atoms with Gasteiger partial charge >= 0.3 is 11.9 Å². The van der Waals surface area contributed by atoms with Crippen LogP contribution in [0.15, 0.2) is 158 Å². The van der Waals surface area contributed by atoms with Crippen LogP contribution in [0.4, 0.5) is 0 Å². The number of unbranched alkanes of at least 4 members (excludes halogenated alkanes) is 31. The molecule has 2 unspecified atom stereocenters. The number of esters is 2. The normalized spacial score (nSPS) is 13.5. The minimum atomic E-state index is -1.63. The summed E-state index contributed by atoms with van der Waals surface area (Å²) in [6.07, 6.45) is 111. The predicted octanol–water partition coefficient (Wildman–Crippen LogP) is 24.3. The molecule has 0 saturated heterocycles. The van der Waals surface area contributed by atoms with E-state index in [9.17, 15) is 19.5 Å². The van der Waals surface area contributed by atoms with Crippen LogP contribution in [0.1, 0.15) is 322 Å². The van der Waals surface area contributed by atoms with Gasteiger partial charge in [0.15, 0.2) is 12.4 Å². The van der Waals surface area contributed by atoms with E-state index in [-0.39, 0.29) is 38.6 Å². The molecule has 0 amide bonds. The van der Waals surface area contributed by atoms with Crippen molar-refractivity contribution in [2.45, 2.75) is 334 Å². The van der Waals surface area contributed by atoms with E-state index in [0.29, 0.717) is 17.4 Å². The number of allylic oxidation sites excluding steroid dienone is 26. The number of nitrogens with zero attached hydrogens (tertiary/aromatic N) is 1. The highest BCUT2D eigenvalue weighted by molar-refractivity contribution is 5.70. The second-order valence-corrected chi connectivity index (χ2v) is 27.3. The minimum Gasteiger partial charge on any atom is -0.545 e. The molecule has 97 heavy (non-hydrogen) atoms. The molecule has 0 rings (SSSR count). The Morgan fingerprint density at radius 1 is 0.320 bits per heavy atom. The highest BCUT2D eigenvalue weighted by atomic mass is 16.7. The highest BCUT2D eigenvalue weighted by Crippen LogP contribution is 2.17. The zero-order chi connectivity index (χ0) is 70.4. The van der Waals surface area contributed by atoms with E-state index in [2.05, 4.69) is 172 Å². The van der Waals surface area contributed by atoms with E-state index in [1.165, 1.54) is 167 Å². The summed E-state index contributed by atoms with van der Waals surface area (Å²) < 4.78 is 22.8. The van der Waals surface area contributed by atoms with Crippen LogP contribution >= 0.6 is 0 Å². The molecule has 2 atom stereocenters. The van der Waals surface area contributed by atoms with Crippen molar-refractivity contribution in [2.24, 2.45) is 0 Å². The topological polar surface area (TPSA) is 111 Å². The molecule has 0 aromatic rings. The number of rotatable bonds is 72. The van der Waals surface area contributed by atoms with Crippen molar-refractivity contribution in [3.63, 3.8) is 0 Å². The number of ether oxygens (including phenoxy) is 4. The molecule has 0 heterocycles. The number of carboxylic acid groups (broad SMARTS) is 1. The molecule has 0 aliphatic carbocycles. The van der Waals surface area contributed by atoms with Crippen LogP contribution < -0.4 is 5.11 Å². The van der Waals surface area contributed by atoms with Crippen LogP contribution in [0.2, 0.25) is 0 Å². The lowest BCUT2D eigenvalue weighted by Crippen LogP contribution is -2.44. The lowest BCUT2D eigenvalue weighted by atomic mass is 10.0.